The van der Waals surface area contributed by atoms with Gasteiger partial charge >= 0.3 is 6.03 Å². The first kappa shape index (κ1) is 20.7. The molecule has 2 aromatic heterocycles. The van der Waals surface area contributed by atoms with Crippen LogP contribution in [0.15, 0.2) is 63.6 Å². The van der Waals surface area contributed by atoms with E-state index in [2.05, 4.69) is 22.2 Å². The van der Waals surface area contributed by atoms with E-state index in [0.717, 1.165) is 11.8 Å². The van der Waals surface area contributed by atoms with Crippen molar-refractivity contribution in [2.45, 2.75) is 18.2 Å². The molecule has 1 aromatic carbocycles. The lowest BCUT2D eigenvalue weighted by molar-refractivity contribution is -0.117. The van der Waals surface area contributed by atoms with Gasteiger partial charge in [-0.05, 0) is 30.3 Å². The fraction of sp³-hybridized carbons (Fsp3) is 0.158. The molecular formula is C19H17ClN4O4S. The quantitative estimate of drug-likeness (QED) is 0.338. The van der Waals surface area contributed by atoms with E-state index in [1.54, 1.807) is 36.4 Å². The number of nitrogens with one attached hydrogen (secondary N) is 2. The summed E-state index contributed by atoms with van der Waals surface area (Å²) < 4.78 is 6.51. The van der Waals surface area contributed by atoms with Gasteiger partial charge in [-0.3, -0.25) is 19.5 Å². The maximum atomic E-state index is 12.7. The van der Waals surface area contributed by atoms with E-state index in [-0.39, 0.29) is 24.4 Å². The maximum Gasteiger partial charge on any atom is 0.321 e. The van der Waals surface area contributed by atoms with Crippen molar-refractivity contribution in [3.63, 3.8) is 0 Å². The van der Waals surface area contributed by atoms with Crippen LogP contribution in [0.4, 0.5) is 4.79 Å². The first-order valence-electron chi connectivity index (χ1n) is 8.52. The van der Waals surface area contributed by atoms with Crippen LogP contribution in [0.1, 0.15) is 5.76 Å². The van der Waals surface area contributed by atoms with Crippen molar-refractivity contribution in [3.8, 4) is 0 Å². The fourth-order valence-electron chi connectivity index (χ4n) is 2.49. The van der Waals surface area contributed by atoms with Gasteiger partial charge in [0.15, 0.2) is 5.16 Å². The molecule has 0 unspecified atom stereocenters. The molecule has 0 saturated carbocycles. The third-order valence-corrected chi connectivity index (χ3v) is 4.99. The van der Waals surface area contributed by atoms with Gasteiger partial charge in [0.2, 0.25) is 5.91 Å². The number of amides is 3. The first-order valence-corrected chi connectivity index (χ1v) is 9.88. The zero-order chi connectivity index (χ0) is 20.8. The van der Waals surface area contributed by atoms with Crippen LogP contribution >= 0.6 is 23.4 Å². The summed E-state index contributed by atoms with van der Waals surface area (Å²) in [5, 5.41) is 5.93. The van der Waals surface area contributed by atoms with Gasteiger partial charge in [0.1, 0.15) is 5.76 Å². The summed E-state index contributed by atoms with van der Waals surface area (Å²) in [6.45, 7) is 4.04. The van der Waals surface area contributed by atoms with Crippen LogP contribution in [0.2, 0.25) is 5.02 Å². The third kappa shape index (κ3) is 5.27. The number of nitrogens with zero attached hydrogens (tertiary/aromatic N) is 2. The van der Waals surface area contributed by atoms with Gasteiger partial charge in [-0.2, -0.15) is 0 Å². The lowest BCUT2D eigenvalue weighted by Crippen LogP contribution is -2.40. The van der Waals surface area contributed by atoms with E-state index >= 15 is 0 Å². The maximum absolute atomic E-state index is 12.7. The summed E-state index contributed by atoms with van der Waals surface area (Å²) in [5.74, 6) is -0.0731. The van der Waals surface area contributed by atoms with Gasteiger partial charge in [-0.25, -0.2) is 9.78 Å². The standard InChI is InChI=1S/C19H17ClN4O4S/c1-2-7-24-17(26)14-6-5-12(20)9-15(14)22-19(24)29-11-16(25)23-18(27)21-10-13-4-3-8-28-13/h2-6,8-9H,1,7,10-11H2,(H2,21,23,25,27). The second kappa shape index (κ2) is 9.44. The number of rotatable bonds is 7. The van der Waals surface area contributed by atoms with Crippen molar-refractivity contribution in [1.29, 1.82) is 0 Å². The number of furan rings is 1. The summed E-state index contributed by atoms with van der Waals surface area (Å²) in [6.07, 6.45) is 3.06. The summed E-state index contributed by atoms with van der Waals surface area (Å²) in [4.78, 5) is 41.0. The molecule has 0 spiro atoms. The van der Waals surface area contributed by atoms with Crippen LogP contribution in [-0.4, -0.2) is 27.2 Å². The largest absolute Gasteiger partial charge is 0.467 e. The minimum Gasteiger partial charge on any atom is -0.467 e. The van der Waals surface area contributed by atoms with Crippen molar-refractivity contribution in [3.05, 3.63) is 70.4 Å². The van der Waals surface area contributed by atoms with Gasteiger partial charge < -0.3 is 9.73 Å². The van der Waals surface area contributed by atoms with Gasteiger partial charge in [-0.1, -0.05) is 29.4 Å². The van der Waals surface area contributed by atoms with E-state index in [0.29, 0.717) is 26.8 Å². The molecule has 2 N–H and O–H groups in total. The van der Waals surface area contributed by atoms with Gasteiger partial charge in [0.05, 0.1) is 29.5 Å². The highest BCUT2D eigenvalue weighted by Crippen LogP contribution is 2.20. The zero-order valence-electron chi connectivity index (χ0n) is 15.2. The molecule has 0 bridgehead atoms. The lowest BCUT2D eigenvalue weighted by Gasteiger charge is -2.11. The Hall–Kier alpha value is -3.04. The topological polar surface area (TPSA) is 106 Å². The number of aromatic nitrogens is 2. The van der Waals surface area contributed by atoms with E-state index in [9.17, 15) is 14.4 Å². The molecule has 0 saturated heterocycles. The second-order valence-corrected chi connectivity index (χ2v) is 7.24. The summed E-state index contributed by atoms with van der Waals surface area (Å²) in [5.41, 5.74) is 0.174. The van der Waals surface area contributed by atoms with Crippen LogP contribution in [0.5, 0.6) is 0 Å². The average molecular weight is 433 g/mol. The monoisotopic (exact) mass is 432 g/mol. The second-order valence-electron chi connectivity index (χ2n) is 5.86. The van der Waals surface area contributed by atoms with Crippen LogP contribution in [0.25, 0.3) is 10.9 Å². The van der Waals surface area contributed by atoms with Gasteiger partial charge in [-0.15, -0.1) is 6.58 Å². The molecule has 0 aliphatic rings. The average Bonchev–Trinajstić information content (AvgIpc) is 3.21. The van der Waals surface area contributed by atoms with E-state index in [4.69, 9.17) is 16.0 Å². The summed E-state index contributed by atoms with van der Waals surface area (Å²) >= 11 is 7.03. The Morgan fingerprint density at radius 1 is 1.34 bits per heavy atom. The molecule has 0 fully saturated rings. The van der Waals surface area contributed by atoms with Crippen LogP contribution in [0, 0.1) is 0 Å². The molecule has 2 heterocycles. The molecule has 29 heavy (non-hydrogen) atoms. The fourth-order valence-corrected chi connectivity index (χ4v) is 3.47. The molecule has 0 atom stereocenters. The summed E-state index contributed by atoms with van der Waals surface area (Å²) in [7, 11) is 0. The van der Waals surface area contributed by atoms with Crippen molar-refractivity contribution in [1.82, 2.24) is 20.2 Å². The lowest BCUT2D eigenvalue weighted by atomic mass is 10.2. The third-order valence-electron chi connectivity index (χ3n) is 3.78. The van der Waals surface area contributed by atoms with E-state index in [1.807, 2.05) is 0 Å². The Labute approximate surface area is 174 Å². The van der Waals surface area contributed by atoms with Crippen LogP contribution in [-0.2, 0) is 17.9 Å². The number of fused-ring (bicyclic) bond motifs is 1. The predicted molar refractivity (Wildman–Crippen MR) is 111 cm³/mol. The smallest absolute Gasteiger partial charge is 0.321 e. The van der Waals surface area contributed by atoms with Crippen LogP contribution in [0.3, 0.4) is 0 Å². The van der Waals surface area contributed by atoms with Crippen molar-refractivity contribution in [2.24, 2.45) is 0 Å². The minimum atomic E-state index is -0.645. The number of imide groups is 1. The number of urea groups is 1. The van der Waals surface area contributed by atoms with Crippen molar-refractivity contribution < 1.29 is 14.0 Å². The Kier molecular flexibility index (Phi) is 6.73. The Morgan fingerprint density at radius 3 is 2.90 bits per heavy atom. The molecule has 8 nitrogen and oxygen atoms in total. The summed E-state index contributed by atoms with van der Waals surface area (Å²) in [6, 6.07) is 7.57. The SMILES string of the molecule is C=CCn1c(SCC(=O)NC(=O)NCc2ccco2)nc2cc(Cl)ccc2c1=O. The normalized spacial score (nSPS) is 10.7. The molecule has 3 amide bonds. The highest BCUT2D eigenvalue weighted by molar-refractivity contribution is 7.99. The molecule has 0 radical (unpaired) electrons. The number of halogens is 1. The Balaban J connectivity index is 1.67. The number of hydrogen-bond donors (Lipinski definition) is 2. The molecule has 3 rings (SSSR count). The molecular weight excluding hydrogens is 416 g/mol. The Morgan fingerprint density at radius 2 is 2.17 bits per heavy atom. The number of carbonyl (C=O) groups excluding carboxylic acids is 2. The van der Waals surface area contributed by atoms with E-state index in [1.165, 1.54) is 10.8 Å². The Bertz CT molecular complexity index is 1110. The molecule has 0 aliphatic heterocycles. The molecule has 150 valence electrons. The number of hydrogen-bond acceptors (Lipinski definition) is 6. The molecule has 10 heteroatoms. The predicted octanol–water partition coefficient (Wildman–Crippen LogP) is 2.95. The van der Waals surface area contributed by atoms with Crippen molar-refractivity contribution in [2.75, 3.05) is 5.75 Å². The van der Waals surface area contributed by atoms with E-state index < -0.39 is 11.9 Å². The highest BCUT2D eigenvalue weighted by atomic mass is 35.5. The van der Waals surface area contributed by atoms with Crippen LogP contribution < -0.4 is 16.2 Å². The number of benzene rings is 1. The molecule has 3 aromatic rings. The van der Waals surface area contributed by atoms with Gasteiger partial charge in [0.25, 0.3) is 5.56 Å². The number of allylic oxidation sites excluding steroid dienone is 1. The minimum absolute atomic E-state index is 0.107. The molecule has 0 aliphatic carbocycles. The number of thioether (sulfide) groups is 1. The number of carbonyl (C=O) groups is 2. The highest BCUT2D eigenvalue weighted by Gasteiger charge is 2.14. The zero-order valence-corrected chi connectivity index (χ0v) is 16.8. The van der Waals surface area contributed by atoms with Gasteiger partial charge in [0, 0.05) is 11.6 Å². The van der Waals surface area contributed by atoms with Crippen molar-refractivity contribution >= 4 is 46.2 Å². The first-order chi connectivity index (χ1) is 14.0.